The third-order valence-electron chi connectivity index (χ3n) is 3.91. The Kier molecular flexibility index (Phi) is 3.09. The second kappa shape index (κ2) is 5.24. The Bertz CT molecular complexity index is 947. The van der Waals surface area contributed by atoms with Crippen molar-refractivity contribution in [2.24, 2.45) is 0 Å². The van der Waals surface area contributed by atoms with Crippen LogP contribution in [0, 0.1) is 0 Å². The van der Waals surface area contributed by atoms with Gasteiger partial charge in [0.05, 0.1) is 0 Å². The average Bonchev–Trinajstić information content (AvgIpc) is 2.93. The number of benzene rings is 3. The SMILES string of the molecule is OBOc1ccc2[nH]c3ccc(-c4ccccc4)cc3c2c1. The first-order valence-electron chi connectivity index (χ1n) is 7.20. The van der Waals surface area contributed by atoms with Crippen molar-refractivity contribution in [1.82, 2.24) is 4.98 Å². The van der Waals surface area contributed by atoms with Crippen molar-refractivity contribution in [2.45, 2.75) is 0 Å². The Morgan fingerprint density at radius 2 is 1.50 bits per heavy atom. The number of fused-ring (bicyclic) bond motifs is 3. The zero-order valence-corrected chi connectivity index (χ0v) is 11.9. The minimum atomic E-state index is -0.316. The van der Waals surface area contributed by atoms with Crippen molar-refractivity contribution in [3.8, 4) is 16.9 Å². The van der Waals surface area contributed by atoms with Crippen LogP contribution in [-0.2, 0) is 0 Å². The molecule has 1 aromatic heterocycles. The van der Waals surface area contributed by atoms with Crippen LogP contribution in [0.15, 0.2) is 66.7 Å². The van der Waals surface area contributed by atoms with Crippen LogP contribution in [0.25, 0.3) is 32.9 Å². The maximum absolute atomic E-state index is 8.92. The quantitative estimate of drug-likeness (QED) is 0.565. The molecule has 0 fully saturated rings. The lowest BCUT2D eigenvalue weighted by molar-refractivity contribution is 0.454. The molecule has 0 aliphatic heterocycles. The van der Waals surface area contributed by atoms with Gasteiger partial charge in [-0.1, -0.05) is 36.4 Å². The molecule has 0 bridgehead atoms. The molecule has 0 saturated heterocycles. The summed E-state index contributed by atoms with van der Waals surface area (Å²) in [5, 5.41) is 11.2. The Balaban J connectivity index is 1.93. The lowest BCUT2D eigenvalue weighted by Gasteiger charge is -2.03. The molecule has 4 heteroatoms. The predicted octanol–water partition coefficient (Wildman–Crippen LogP) is 3.63. The fourth-order valence-corrected chi connectivity index (χ4v) is 2.85. The maximum atomic E-state index is 8.92. The van der Waals surface area contributed by atoms with Gasteiger partial charge in [0.15, 0.2) is 0 Å². The number of aromatic amines is 1. The predicted molar refractivity (Wildman–Crippen MR) is 91.2 cm³/mol. The van der Waals surface area contributed by atoms with E-state index in [4.69, 9.17) is 9.68 Å². The number of nitrogens with one attached hydrogen (secondary N) is 1. The van der Waals surface area contributed by atoms with Crippen molar-refractivity contribution >= 4 is 29.5 Å². The molecule has 0 saturated carbocycles. The summed E-state index contributed by atoms with van der Waals surface area (Å²) in [4.78, 5) is 3.41. The normalized spacial score (nSPS) is 11.0. The summed E-state index contributed by atoms with van der Waals surface area (Å²) in [5.74, 6) is 0.668. The average molecular weight is 287 g/mol. The molecule has 0 aliphatic carbocycles. The largest absolute Gasteiger partial charge is 0.539 e. The summed E-state index contributed by atoms with van der Waals surface area (Å²) in [7, 11) is -0.316. The van der Waals surface area contributed by atoms with E-state index in [0.717, 1.165) is 21.8 Å². The fraction of sp³-hybridized carbons (Fsp3) is 0. The van der Waals surface area contributed by atoms with Gasteiger partial charge in [0.1, 0.15) is 5.75 Å². The van der Waals surface area contributed by atoms with Crippen LogP contribution >= 0.6 is 0 Å². The van der Waals surface area contributed by atoms with Crippen LogP contribution in [-0.4, -0.2) is 17.7 Å². The summed E-state index contributed by atoms with van der Waals surface area (Å²) in [6, 6.07) is 22.5. The molecule has 0 spiro atoms. The fourth-order valence-electron chi connectivity index (χ4n) is 2.85. The first-order valence-corrected chi connectivity index (χ1v) is 7.20. The third-order valence-corrected chi connectivity index (χ3v) is 3.91. The highest BCUT2D eigenvalue weighted by molar-refractivity contribution is 6.17. The van der Waals surface area contributed by atoms with E-state index >= 15 is 0 Å². The number of aromatic nitrogens is 1. The molecular formula is C18H14BNO2. The van der Waals surface area contributed by atoms with E-state index in [-0.39, 0.29) is 7.69 Å². The van der Waals surface area contributed by atoms with Crippen molar-refractivity contribution in [3.05, 3.63) is 66.7 Å². The summed E-state index contributed by atoms with van der Waals surface area (Å²) in [6.45, 7) is 0. The van der Waals surface area contributed by atoms with Gasteiger partial charge in [-0.05, 0) is 41.5 Å². The molecule has 106 valence electrons. The molecule has 4 rings (SSSR count). The summed E-state index contributed by atoms with van der Waals surface area (Å²) >= 11 is 0. The van der Waals surface area contributed by atoms with Gasteiger partial charge in [0.25, 0.3) is 0 Å². The standard InChI is InChI=1S/C18H14BNO2/c21-19-22-14-7-9-18-16(11-14)15-10-13(6-8-17(15)20-18)12-4-2-1-3-5-12/h1-11,19-21H. The molecule has 0 unspecified atom stereocenters. The zero-order valence-electron chi connectivity index (χ0n) is 11.9. The molecule has 2 N–H and O–H groups in total. The molecule has 0 radical (unpaired) electrons. The van der Waals surface area contributed by atoms with Crippen LogP contribution in [0.5, 0.6) is 5.75 Å². The zero-order chi connectivity index (χ0) is 14.9. The van der Waals surface area contributed by atoms with Crippen molar-refractivity contribution in [3.63, 3.8) is 0 Å². The van der Waals surface area contributed by atoms with E-state index in [1.54, 1.807) is 0 Å². The number of hydrogen-bond acceptors (Lipinski definition) is 2. The van der Waals surface area contributed by atoms with Crippen molar-refractivity contribution < 1.29 is 9.68 Å². The molecule has 4 aromatic rings. The topological polar surface area (TPSA) is 45.2 Å². The summed E-state index contributed by atoms with van der Waals surface area (Å²) in [5.41, 5.74) is 4.53. The summed E-state index contributed by atoms with van der Waals surface area (Å²) in [6.07, 6.45) is 0. The van der Waals surface area contributed by atoms with Crippen LogP contribution in [0.4, 0.5) is 0 Å². The maximum Gasteiger partial charge on any atom is 0.504 e. The second-order valence-electron chi connectivity index (χ2n) is 5.23. The van der Waals surface area contributed by atoms with Crippen LogP contribution in [0.1, 0.15) is 0 Å². The minimum absolute atomic E-state index is 0.316. The minimum Gasteiger partial charge on any atom is -0.539 e. The van der Waals surface area contributed by atoms with Crippen LogP contribution in [0.3, 0.4) is 0 Å². The van der Waals surface area contributed by atoms with Gasteiger partial charge in [-0.3, -0.25) is 0 Å². The van der Waals surface area contributed by atoms with E-state index in [1.165, 1.54) is 11.1 Å². The van der Waals surface area contributed by atoms with Crippen LogP contribution in [0.2, 0.25) is 0 Å². The molecule has 1 heterocycles. The Hall–Kier alpha value is -2.72. The summed E-state index contributed by atoms with van der Waals surface area (Å²) < 4.78 is 5.19. The molecule has 3 nitrogen and oxygen atoms in total. The van der Waals surface area contributed by atoms with Gasteiger partial charge in [0, 0.05) is 21.8 Å². The Labute approximate surface area is 128 Å². The highest BCUT2D eigenvalue weighted by Gasteiger charge is 2.07. The number of H-pyrrole nitrogens is 1. The Morgan fingerprint density at radius 1 is 0.773 bits per heavy atom. The van der Waals surface area contributed by atoms with E-state index in [9.17, 15) is 0 Å². The van der Waals surface area contributed by atoms with Crippen LogP contribution < -0.4 is 4.65 Å². The van der Waals surface area contributed by atoms with E-state index < -0.39 is 0 Å². The first-order chi connectivity index (χ1) is 10.8. The van der Waals surface area contributed by atoms with E-state index in [2.05, 4.69) is 35.3 Å². The van der Waals surface area contributed by atoms with Gasteiger partial charge in [-0.25, -0.2) is 0 Å². The van der Waals surface area contributed by atoms with Gasteiger partial charge in [0.2, 0.25) is 0 Å². The molecule has 0 atom stereocenters. The Morgan fingerprint density at radius 3 is 2.27 bits per heavy atom. The molecular weight excluding hydrogens is 273 g/mol. The molecule has 0 amide bonds. The van der Waals surface area contributed by atoms with E-state index in [1.807, 2.05) is 36.4 Å². The monoisotopic (exact) mass is 287 g/mol. The van der Waals surface area contributed by atoms with Crippen molar-refractivity contribution in [2.75, 3.05) is 0 Å². The molecule has 22 heavy (non-hydrogen) atoms. The lowest BCUT2D eigenvalue weighted by atomic mass is 10.0. The van der Waals surface area contributed by atoms with Gasteiger partial charge >= 0.3 is 7.69 Å². The van der Waals surface area contributed by atoms with Gasteiger partial charge in [-0.2, -0.15) is 0 Å². The molecule has 3 aromatic carbocycles. The number of rotatable bonds is 3. The first kappa shape index (κ1) is 13.0. The van der Waals surface area contributed by atoms with E-state index in [0.29, 0.717) is 5.75 Å². The third kappa shape index (κ3) is 2.14. The lowest BCUT2D eigenvalue weighted by Crippen LogP contribution is -1.99. The highest BCUT2D eigenvalue weighted by Crippen LogP contribution is 2.32. The van der Waals surface area contributed by atoms with Gasteiger partial charge in [-0.15, -0.1) is 0 Å². The molecule has 0 aliphatic rings. The van der Waals surface area contributed by atoms with Crippen molar-refractivity contribution in [1.29, 1.82) is 0 Å². The smallest absolute Gasteiger partial charge is 0.504 e. The van der Waals surface area contributed by atoms with Gasteiger partial charge < -0.3 is 14.7 Å². The second-order valence-corrected chi connectivity index (χ2v) is 5.23. The highest BCUT2D eigenvalue weighted by atomic mass is 16.5. The number of hydrogen-bond donors (Lipinski definition) is 2.